The highest BCUT2D eigenvalue weighted by atomic mass is 32.2. The number of fused-ring (bicyclic) bond motifs is 2. The lowest BCUT2D eigenvalue weighted by Gasteiger charge is -2.19. The number of hydrogen-bond acceptors (Lipinski definition) is 7. The van der Waals surface area contributed by atoms with Gasteiger partial charge >= 0.3 is 0 Å². The Morgan fingerprint density at radius 3 is 2.57 bits per heavy atom. The van der Waals surface area contributed by atoms with Gasteiger partial charge in [0.25, 0.3) is 5.91 Å². The van der Waals surface area contributed by atoms with E-state index in [0.29, 0.717) is 11.7 Å². The van der Waals surface area contributed by atoms with Gasteiger partial charge in [-0.05, 0) is 61.5 Å². The van der Waals surface area contributed by atoms with Crippen molar-refractivity contribution in [1.29, 1.82) is 0 Å². The zero-order chi connectivity index (χ0) is 23.9. The summed E-state index contributed by atoms with van der Waals surface area (Å²) in [6.07, 6.45) is 0. The van der Waals surface area contributed by atoms with Gasteiger partial charge < -0.3 is 4.90 Å². The molecule has 174 valence electrons. The fraction of sp³-hybridized carbons (Fsp3) is 0.148. The highest BCUT2D eigenvalue weighted by Crippen LogP contribution is 2.50. The number of aryl methyl sites for hydroxylation is 1. The molecule has 0 unspecified atom stereocenters. The third-order valence-corrected chi connectivity index (χ3v) is 9.18. The highest BCUT2D eigenvalue weighted by Gasteiger charge is 2.39. The van der Waals surface area contributed by atoms with E-state index in [1.807, 2.05) is 66.4 Å². The van der Waals surface area contributed by atoms with Crippen molar-refractivity contribution in [2.75, 3.05) is 11.4 Å². The van der Waals surface area contributed by atoms with Gasteiger partial charge in [-0.15, -0.1) is 11.3 Å². The van der Waals surface area contributed by atoms with Crippen LogP contribution in [0.3, 0.4) is 0 Å². The molecular weight excluding hydrogens is 493 g/mol. The van der Waals surface area contributed by atoms with Crippen LogP contribution < -0.4 is 4.90 Å². The SMILES string of the molecule is CCN1/C(=C2/SC(=Nc3ccc4nc(C)sc4c3)N(Cc3ccccc3)C2=O)Sc2ccccc21. The monoisotopic (exact) mass is 514 g/mol. The molecule has 0 atom stereocenters. The van der Waals surface area contributed by atoms with Crippen LogP contribution in [-0.4, -0.2) is 27.5 Å². The Bertz CT molecular complexity index is 1510. The minimum absolute atomic E-state index is 0.000993. The Hall–Kier alpha value is -3.07. The van der Waals surface area contributed by atoms with E-state index in [4.69, 9.17) is 4.99 Å². The first-order valence-electron chi connectivity index (χ1n) is 11.4. The summed E-state index contributed by atoms with van der Waals surface area (Å²) in [5, 5.41) is 2.72. The standard InChI is InChI=1S/C27H22N4OS3/c1-3-30-21-11-7-8-12-22(21)34-26(30)24-25(32)31(16-18-9-5-4-6-10-18)27(35-24)29-19-13-14-20-23(15-19)33-17(2)28-20/h4-15H,3,16H2,1-2H3/b26-24-,29-27?. The normalized spacial score (nSPS) is 18.8. The summed E-state index contributed by atoms with van der Waals surface area (Å²) in [7, 11) is 0. The second-order valence-electron chi connectivity index (χ2n) is 8.21. The number of benzene rings is 3. The number of hydrogen-bond donors (Lipinski definition) is 0. The average Bonchev–Trinajstić information content (AvgIpc) is 3.52. The van der Waals surface area contributed by atoms with Gasteiger partial charge in [-0.2, -0.15) is 0 Å². The van der Waals surface area contributed by atoms with Gasteiger partial charge in [-0.1, -0.05) is 54.2 Å². The molecule has 0 bridgehead atoms. The van der Waals surface area contributed by atoms with Crippen LogP contribution in [0.2, 0.25) is 0 Å². The van der Waals surface area contributed by atoms with Crippen LogP contribution in [-0.2, 0) is 11.3 Å². The molecular formula is C27H22N4OS3. The average molecular weight is 515 g/mol. The van der Waals surface area contributed by atoms with E-state index in [-0.39, 0.29) is 5.91 Å². The molecule has 0 aliphatic carbocycles. The first kappa shape index (κ1) is 22.4. The molecule has 0 spiro atoms. The molecule has 3 heterocycles. The molecule has 35 heavy (non-hydrogen) atoms. The summed E-state index contributed by atoms with van der Waals surface area (Å²) in [6.45, 7) is 5.41. The van der Waals surface area contributed by atoms with Crippen LogP contribution in [0, 0.1) is 6.92 Å². The lowest BCUT2D eigenvalue weighted by Crippen LogP contribution is -2.29. The Morgan fingerprint density at radius 2 is 1.74 bits per heavy atom. The second-order valence-corrected chi connectivity index (χ2v) is 11.4. The van der Waals surface area contributed by atoms with Crippen molar-refractivity contribution in [1.82, 2.24) is 9.88 Å². The number of aromatic nitrogens is 1. The van der Waals surface area contributed by atoms with E-state index in [2.05, 4.69) is 35.0 Å². The molecule has 3 aromatic carbocycles. The van der Waals surface area contributed by atoms with Crippen molar-refractivity contribution in [3.63, 3.8) is 0 Å². The molecule has 1 amide bonds. The van der Waals surface area contributed by atoms with Crippen molar-refractivity contribution < 1.29 is 4.79 Å². The fourth-order valence-corrected chi connectivity index (χ4v) is 7.50. The van der Waals surface area contributed by atoms with Crippen LogP contribution in [0.5, 0.6) is 0 Å². The highest BCUT2D eigenvalue weighted by molar-refractivity contribution is 8.19. The topological polar surface area (TPSA) is 48.8 Å². The Morgan fingerprint density at radius 1 is 0.943 bits per heavy atom. The van der Waals surface area contributed by atoms with E-state index in [0.717, 1.165) is 48.6 Å². The van der Waals surface area contributed by atoms with Crippen molar-refractivity contribution in [3.05, 3.63) is 93.3 Å². The van der Waals surface area contributed by atoms with E-state index in [9.17, 15) is 4.79 Å². The molecule has 5 nitrogen and oxygen atoms in total. The first-order valence-corrected chi connectivity index (χ1v) is 13.8. The summed E-state index contributed by atoms with van der Waals surface area (Å²) >= 11 is 4.79. The number of aliphatic imine (C=N–C) groups is 1. The van der Waals surface area contributed by atoms with Crippen LogP contribution in [0.15, 0.2) is 92.6 Å². The van der Waals surface area contributed by atoms with E-state index in [1.54, 1.807) is 23.1 Å². The maximum Gasteiger partial charge on any atom is 0.269 e. The third kappa shape index (κ3) is 4.16. The number of anilines is 1. The van der Waals surface area contributed by atoms with Gasteiger partial charge in [-0.25, -0.2) is 9.98 Å². The number of rotatable bonds is 4. The summed E-state index contributed by atoms with van der Waals surface area (Å²) in [5.74, 6) is 0.000993. The van der Waals surface area contributed by atoms with Gasteiger partial charge in [0, 0.05) is 11.4 Å². The zero-order valence-corrected chi connectivity index (χ0v) is 21.7. The maximum atomic E-state index is 13.8. The second kappa shape index (κ2) is 9.18. The number of thioether (sulfide) groups is 2. The molecule has 2 aliphatic rings. The van der Waals surface area contributed by atoms with Gasteiger partial charge in [0.1, 0.15) is 9.93 Å². The molecule has 2 aliphatic heterocycles. The van der Waals surface area contributed by atoms with Crippen LogP contribution in [0.4, 0.5) is 11.4 Å². The van der Waals surface area contributed by atoms with Gasteiger partial charge in [0.15, 0.2) is 5.17 Å². The largest absolute Gasteiger partial charge is 0.334 e. The van der Waals surface area contributed by atoms with Crippen LogP contribution >= 0.6 is 34.9 Å². The molecule has 1 saturated heterocycles. The Labute approximate surface area is 216 Å². The Balaban J connectivity index is 1.43. The quantitative estimate of drug-likeness (QED) is 0.270. The van der Waals surface area contributed by atoms with E-state index < -0.39 is 0 Å². The van der Waals surface area contributed by atoms with Crippen LogP contribution in [0.25, 0.3) is 10.2 Å². The molecule has 1 fully saturated rings. The zero-order valence-electron chi connectivity index (χ0n) is 19.3. The summed E-state index contributed by atoms with van der Waals surface area (Å²) in [4.78, 5) is 29.3. The van der Waals surface area contributed by atoms with Gasteiger partial charge in [0.05, 0.1) is 33.1 Å². The van der Waals surface area contributed by atoms with Gasteiger partial charge in [-0.3, -0.25) is 9.69 Å². The molecule has 6 rings (SSSR count). The number of carbonyl (C=O) groups excluding carboxylic acids is 1. The number of carbonyl (C=O) groups is 1. The van der Waals surface area contributed by atoms with Crippen molar-refractivity contribution >= 4 is 67.5 Å². The maximum absolute atomic E-state index is 13.8. The lowest BCUT2D eigenvalue weighted by atomic mass is 10.2. The molecule has 0 N–H and O–H groups in total. The first-order chi connectivity index (χ1) is 17.1. The number of amidine groups is 1. The number of thiazole rings is 1. The van der Waals surface area contributed by atoms with Crippen molar-refractivity contribution in [2.45, 2.75) is 25.3 Å². The minimum Gasteiger partial charge on any atom is -0.334 e. The smallest absolute Gasteiger partial charge is 0.269 e. The van der Waals surface area contributed by atoms with E-state index >= 15 is 0 Å². The summed E-state index contributed by atoms with van der Waals surface area (Å²) in [5.41, 5.74) is 4.04. The molecule has 8 heteroatoms. The summed E-state index contributed by atoms with van der Waals surface area (Å²) in [6, 6.07) is 24.4. The van der Waals surface area contributed by atoms with Gasteiger partial charge in [0.2, 0.25) is 0 Å². The molecule has 0 saturated carbocycles. The van der Waals surface area contributed by atoms with E-state index in [1.165, 1.54) is 16.7 Å². The predicted molar refractivity (Wildman–Crippen MR) is 148 cm³/mol. The molecule has 0 radical (unpaired) electrons. The van der Waals surface area contributed by atoms with Crippen LogP contribution in [0.1, 0.15) is 17.5 Å². The Kier molecular flexibility index (Phi) is 5.88. The molecule has 1 aromatic heterocycles. The lowest BCUT2D eigenvalue weighted by molar-refractivity contribution is -0.122. The number of amides is 1. The fourth-order valence-electron chi connectivity index (χ4n) is 4.25. The predicted octanol–water partition coefficient (Wildman–Crippen LogP) is 7.17. The number of nitrogens with zero attached hydrogens (tertiary/aromatic N) is 4. The molecule has 4 aromatic rings. The van der Waals surface area contributed by atoms with Crippen molar-refractivity contribution in [3.8, 4) is 0 Å². The third-order valence-electron chi connectivity index (χ3n) is 5.87. The number of para-hydroxylation sites is 1. The minimum atomic E-state index is 0.000993. The van der Waals surface area contributed by atoms with Crippen molar-refractivity contribution in [2.24, 2.45) is 4.99 Å². The summed E-state index contributed by atoms with van der Waals surface area (Å²) < 4.78 is 1.10.